The molecule has 0 amide bonds. The number of nitrogens with two attached hydrogens (primary N) is 2. The van der Waals surface area contributed by atoms with Gasteiger partial charge in [-0.1, -0.05) is 66.7 Å². The minimum absolute atomic E-state index is 0.00723. The van der Waals surface area contributed by atoms with E-state index in [4.69, 9.17) is 16.5 Å². The van der Waals surface area contributed by atoms with E-state index in [2.05, 4.69) is 104 Å². The zero-order valence-electron chi connectivity index (χ0n) is 19.3. The minimum atomic E-state index is -0.00723. The lowest BCUT2D eigenvalue weighted by atomic mass is 9.94. The van der Waals surface area contributed by atoms with Crippen LogP contribution in [0.1, 0.15) is 11.1 Å². The van der Waals surface area contributed by atoms with Gasteiger partial charge in [0.1, 0.15) is 0 Å². The van der Waals surface area contributed by atoms with Gasteiger partial charge in [-0.05, 0) is 82.9 Å². The van der Waals surface area contributed by atoms with Crippen LogP contribution in [0.4, 0.5) is 5.82 Å². The number of fused-ring (bicyclic) bond motifs is 1. The third kappa shape index (κ3) is 4.26. The fourth-order valence-electron chi connectivity index (χ4n) is 4.23. The highest BCUT2D eigenvalue weighted by Crippen LogP contribution is 2.36. The predicted molar refractivity (Wildman–Crippen MR) is 143 cm³/mol. The zero-order chi connectivity index (χ0) is 23.7. The summed E-state index contributed by atoms with van der Waals surface area (Å²) in [4.78, 5) is 9.27. The number of rotatable bonds is 4. The van der Waals surface area contributed by atoms with Gasteiger partial charge in [0.2, 0.25) is 0 Å². The molecule has 0 radical (unpaired) electrons. The Labute approximate surface area is 199 Å². The third-order valence-electron chi connectivity index (χ3n) is 6.10. The monoisotopic (exact) mass is 442 g/mol. The van der Waals surface area contributed by atoms with Crippen molar-refractivity contribution in [2.75, 3.05) is 0 Å². The first-order chi connectivity index (χ1) is 16.5. The molecule has 4 N–H and O–H groups in total. The molecule has 34 heavy (non-hydrogen) atoms. The number of aryl methyl sites for hydroxylation is 2. The van der Waals surface area contributed by atoms with Gasteiger partial charge in [0, 0.05) is 10.9 Å². The summed E-state index contributed by atoms with van der Waals surface area (Å²) in [5.74, 6) is 0.522. The van der Waals surface area contributed by atoms with Crippen molar-refractivity contribution in [2.24, 2.45) is 16.5 Å². The van der Waals surface area contributed by atoms with E-state index in [0.717, 1.165) is 44.3 Å². The molecule has 0 fully saturated rings. The second-order valence-corrected chi connectivity index (χ2v) is 8.56. The Morgan fingerprint density at radius 3 is 1.71 bits per heavy atom. The van der Waals surface area contributed by atoms with Crippen LogP contribution >= 0.6 is 0 Å². The van der Waals surface area contributed by atoms with Gasteiger partial charge in [-0.3, -0.25) is 0 Å². The number of hydrogen-bond donors (Lipinski definition) is 2. The molecule has 1 heterocycles. The van der Waals surface area contributed by atoms with E-state index in [0.29, 0.717) is 5.82 Å². The maximum Gasteiger partial charge on any atom is 0.192 e. The van der Waals surface area contributed by atoms with E-state index in [1.807, 2.05) is 12.1 Å². The predicted octanol–water partition coefficient (Wildman–Crippen LogP) is 6.76. The van der Waals surface area contributed by atoms with E-state index in [-0.39, 0.29) is 5.96 Å². The molecule has 4 nitrogen and oxygen atoms in total. The highest BCUT2D eigenvalue weighted by atomic mass is 15.0. The highest BCUT2D eigenvalue weighted by molar-refractivity contribution is 5.97. The van der Waals surface area contributed by atoms with Crippen molar-refractivity contribution >= 4 is 22.5 Å². The van der Waals surface area contributed by atoms with E-state index in [1.165, 1.54) is 11.1 Å². The summed E-state index contributed by atoms with van der Waals surface area (Å²) in [5.41, 5.74) is 20.3. The van der Waals surface area contributed by atoms with Gasteiger partial charge in [0.15, 0.2) is 11.8 Å². The van der Waals surface area contributed by atoms with Gasteiger partial charge in [0.25, 0.3) is 0 Å². The van der Waals surface area contributed by atoms with Crippen molar-refractivity contribution in [1.82, 2.24) is 4.98 Å². The number of nitrogens with zero attached hydrogens (tertiary/aromatic N) is 2. The van der Waals surface area contributed by atoms with Gasteiger partial charge in [0.05, 0.1) is 5.69 Å². The van der Waals surface area contributed by atoms with Crippen molar-refractivity contribution in [3.63, 3.8) is 0 Å². The van der Waals surface area contributed by atoms with Crippen LogP contribution in [-0.4, -0.2) is 10.9 Å². The normalized spacial score (nSPS) is 10.9. The molecule has 0 saturated heterocycles. The minimum Gasteiger partial charge on any atom is -0.370 e. The van der Waals surface area contributed by atoms with E-state index >= 15 is 0 Å². The molecule has 166 valence electrons. The highest BCUT2D eigenvalue weighted by Gasteiger charge is 2.12. The summed E-state index contributed by atoms with van der Waals surface area (Å²) < 4.78 is 0. The smallest absolute Gasteiger partial charge is 0.192 e. The molecule has 0 aliphatic heterocycles. The molecule has 0 aliphatic rings. The Morgan fingerprint density at radius 2 is 1.15 bits per heavy atom. The Balaban J connectivity index is 1.78. The summed E-state index contributed by atoms with van der Waals surface area (Å²) in [5, 5.41) is 1.99. The molecule has 5 aromatic rings. The molecular weight excluding hydrogens is 416 g/mol. The van der Waals surface area contributed by atoms with Crippen LogP contribution in [0.3, 0.4) is 0 Å². The van der Waals surface area contributed by atoms with Crippen molar-refractivity contribution in [1.29, 1.82) is 0 Å². The van der Waals surface area contributed by atoms with E-state index in [1.54, 1.807) is 0 Å². The van der Waals surface area contributed by atoms with Crippen LogP contribution in [-0.2, 0) is 0 Å². The first kappa shape index (κ1) is 21.4. The second-order valence-electron chi connectivity index (χ2n) is 8.56. The topological polar surface area (TPSA) is 77.3 Å². The molecule has 4 aromatic carbocycles. The number of aliphatic imine (C=N–C) groups is 1. The standard InChI is InChI=1S/C30H26N4/c1-19-13-25-18-28(33-29(34-30(31)32)27(25)14-20(19)2)26-16-23(21-9-5-3-6-10-21)15-24(17-26)22-11-7-4-8-12-22/h3-18H,1-2H3,(H4,31,32,33,34). The van der Waals surface area contributed by atoms with Crippen molar-refractivity contribution in [2.45, 2.75) is 13.8 Å². The Kier molecular flexibility index (Phi) is 5.56. The van der Waals surface area contributed by atoms with Gasteiger partial charge < -0.3 is 11.5 Å². The number of pyridine rings is 1. The molecule has 4 heteroatoms. The van der Waals surface area contributed by atoms with Crippen LogP contribution in [0.25, 0.3) is 44.3 Å². The number of guanidine groups is 1. The molecular formula is C30H26N4. The van der Waals surface area contributed by atoms with E-state index in [9.17, 15) is 0 Å². The van der Waals surface area contributed by atoms with Gasteiger partial charge >= 0.3 is 0 Å². The Morgan fingerprint density at radius 1 is 0.618 bits per heavy atom. The van der Waals surface area contributed by atoms with Gasteiger partial charge in [-0.2, -0.15) is 4.99 Å². The first-order valence-corrected chi connectivity index (χ1v) is 11.3. The van der Waals surface area contributed by atoms with Crippen LogP contribution in [0.5, 0.6) is 0 Å². The molecule has 5 rings (SSSR count). The van der Waals surface area contributed by atoms with Crippen molar-refractivity contribution in [3.05, 3.63) is 108 Å². The molecule has 0 aliphatic carbocycles. The maximum atomic E-state index is 5.76. The summed E-state index contributed by atoms with van der Waals surface area (Å²) >= 11 is 0. The quantitative estimate of drug-likeness (QED) is 0.238. The van der Waals surface area contributed by atoms with Crippen LogP contribution in [0.15, 0.2) is 102 Å². The Bertz CT molecular complexity index is 1460. The summed E-state index contributed by atoms with van der Waals surface area (Å²) in [6, 6.07) is 33.7. The summed E-state index contributed by atoms with van der Waals surface area (Å²) in [6.45, 7) is 4.19. The average molecular weight is 443 g/mol. The van der Waals surface area contributed by atoms with E-state index < -0.39 is 0 Å². The zero-order valence-corrected chi connectivity index (χ0v) is 19.3. The fraction of sp³-hybridized carbons (Fsp3) is 0.0667. The second kappa shape index (κ2) is 8.83. The van der Waals surface area contributed by atoms with Crippen LogP contribution < -0.4 is 11.5 Å². The lowest BCUT2D eigenvalue weighted by Crippen LogP contribution is -2.22. The average Bonchev–Trinajstić information content (AvgIpc) is 2.85. The summed E-state index contributed by atoms with van der Waals surface area (Å²) in [6.07, 6.45) is 0. The molecule has 0 unspecified atom stereocenters. The van der Waals surface area contributed by atoms with Crippen LogP contribution in [0, 0.1) is 13.8 Å². The Hall–Kier alpha value is -4.44. The number of benzene rings is 4. The van der Waals surface area contributed by atoms with Gasteiger partial charge in [-0.25, -0.2) is 4.98 Å². The van der Waals surface area contributed by atoms with Crippen molar-refractivity contribution < 1.29 is 0 Å². The largest absolute Gasteiger partial charge is 0.370 e. The molecule has 0 saturated carbocycles. The third-order valence-corrected chi connectivity index (χ3v) is 6.10. The van der Waals surface area contributed by atoms with Crippen molar-refractivity contribution in [3.8, 4) is 33.5 Å². The SMILES string of the molecule is Cc1cc2cc(-c3cc(-c4ccccc4)cc(-c4ccccc4)c3)nc(N=C(N)N)c2cc1C. The number of hydrogen-bond acceptors (Lipinski definition) is 2. The summed E-state index contributed by atoms with van der Waals surface area (Å²) in [7, 11) is 0. The maximum absolute atomic E-state index is 5.76. The lowest BCUT2D eigenvalue weighted by molar-refractivity contribution is 1.27. The number of aromatic nitrogens is 1. The fourth-order valence-corrected chi connectivity index (χ4v) is 4.23. The van der Waals surface area contributed by atoms with Crippen LogP contribution in [0.2, 0.25) is 0 Å². The first-order valence-electron chi connectivity index (χ1n) is 11.3. The van der Waals surface area contributed by atoms with Gasteiger partial charge in [-0.15, -0.1) is 0 Å². The molecule has 0 bridgehead atoms. The molecule has 0 spiro atoms. The lowest BCUT2D eigenvalue weighted by Gasteiger charge is -2.13. The molecule has 0 atom stereocenters. The molecule has 1 aromatic heterocycles.